The summed E-state index contributed by atoms with van der Waals surface area (Å²) in [5, 5.41) is 6.28. The Morgan fingerprint density at radius 2 is 1.88 bits per heavy atom. The number of quaternary nitrogens is 1. The lowest BCUT2D eigenvalue weighted by Gasteiger charge is -2.45. The SMILES string of the molecule is C=CC[NH+]1[C@@H]2CCC[C@@H]1CC(NC(=O)Nc1c(C)cccc1C)C2. The number of piperidine rings is 2. The van der Waals surface area contributed by atoms with E-state index in [1.54, 1.807) is 4.90 Å². The topological polar surface area (TPSA) is 45.6 Å². The number of carbonyl (C=O) groups excluding carboxylic acids is 1. The van der Waals surface area contributed by atoms with E-state index in [0.717, 1.165) is 36.2 Å². The van der Waals surface area contributed by atoms with Crippen LogP contribution in [0.4, 0.5) is 10.5 Å². The molecule has 0 spiro atoms. The van der Waals surface area contributed by atoms with Gasteiger partial charge in [0.25, 0.3) is 0 Å². The molecule has 1 aromatic carbocycles. The van der Waals surface area contributed by atoms with Gasteiger partial charge in [-0.2, -0.15) is 0 Å². The molecule has 3 rings (SSSR count). The monoisotopic (exact) mass is 328 g/mol. The predicted molar refractivity (Wildman–Crippen MR) is 98.5 cm³/mol. The molecule has 2 saturated heterocycles. The third-order valence-corrected chi connectivity index (χ3v) is 5.73. The van der Waals surface area contributed by atoms with E-state index in [1.165, 1.54) is 19.3 Å². The number of anilines is 1. The number of hydrogen-bond acceptors (Lipinski definition) is 1. The van der Waals surface area contributed by atoms with Crippen LogP contribution in [0.3, 0.4) is 0 Å². The molecule has 2 amide bonds. The van der Waals surface area contributed by atoms with E-state index >= 15 is 0 Å². The first-order valence-electron chi connectivity index (χ1n) is 9.18. The van der Waals surface area contributed by atoms with E-state index < -0.39 is 0 Å². The van der Waals surface area contributed by atoms with E-state index in [0.29, 0.717) is 12.1 Å². The molecule has 4 heteroatoms. The van der Waals surface area contributed by atoms with Crippen LogP contribution in [-0.2, 0) is 0 Å². The molecule has 0 aliphatic carbocycles. The molecule has 0 radical (unpaired) electrons. The minimum absolute atomic E-state index is 0.0670. The molecule has 0 saturated carbocycles. The van der Waals surface area contributed by atoms with E-state index in [1.807, 2.05) is 38.1 Å². The first kappa shape index (κ1) is 17.0. The molecular weight excluding hydrogens is 298 g/mol. The van der Waals surface area contributed by atoms with Gasteiger partial charge in [-0.05, 0) is 50.3 Å². The molecule has 2 heterocycles. The second-order valence-corrected chi connectivity index (χ2v) is 7.43. The number of hydrogen-bond donors (Lipinski definition) is 3. The second kappa shape index (κ2) is 7.39. The van der Waals surface area contributed by atoms with Crippen LogP contribution in [0, 0.1) is 13.8 Å². The average Bonchev–Trinajstić information content (AvgIpc) is 2.52. The number of nitrogens with one attached hydrogen (secondary N) is 3. The molecule has 130 valence electrons. The molecule has 2 atom stereocenters. The Kier molecular flexibility index (Phi) is 5.24. The summed E-state index contributed by atoms with van der Waals surface area (Å²) < 4.78 is 0. The zero-order valence-electron chi connectivity index (χ0n) is 14.9. The summed E-state index contributed by atoms with van der Waals surface area (Å²) in [5.74, 6) is 0. The van der Waals surface area contributed by atoms with Crippen molar-refractivity contribution in [1.82, 2.24) is 5.32 Å². The van der Waals surface area contributed by atoms with Crippen molar-refractivity contribution in [3.8, 4) is 0 Å². The lowest BCUT2D eigenvalue weighted by molar-refractivity contribution is -0.955. The fourth-order valence-electron chi connectivity index (χ4n) is 4.60. The van der Waals surface area contributed by atoms with Crippen molar-refractivity contribution >= 4 is 11.7 Å². The van der Waals surface area contributed by atoms with Crippen molar-refractivity contribution < 1.29 is 9.69 Å². The summed E-state index contributed by atoms with van der Waals surface area (Å²) in [6.07, 6.45) is 8.09. The summed E-state index contributed by atoms with van der Waals surface area (Å²) in [5.41, 5.74) is 3.14. The normalized spacial score (nSPS) is 28.9. The summed E-state index contributed by atoms with van der Waals surface area (Å²) >= 11 is 0. The Hall–Kier alpha value is -1.81. The van der Waals surface area contributed by atoms with Crippen LogP contribution in [0.1, 0.15) is 43.2 Å². The summed E-state index contributed by atoms with van der Waals surface area (Å²) in [6, 6.07) is 7.64. The highest BCUT2D eigenvalue weighted by Gasteiger charge is 2.41. The summed E-state index contributed by atoms with van der Waals surface area (Å²) in [7, 11) is 0. The number of aryl methyl sites for hydroxylation is 2. The Labute approximate surface area is 145 Å². The maximum absolute atomic E-state index is 12.5. The van der Waals surface area contributed by atoms with Gasteiger partial charge >= 0.3 is 6.03 Å². The lowest BCUT2D eigenvalue weighted by Crippen LogP contribution is -3.21. The molecule has 4 nitrogen and oxygen atoms in total. The van der Waals surface area contributed by atoms with Gasteiger partial charge in [-0.1, -0.05) is 24.8 Å². The number of amides is 2. The van der Waals surface area contributed by atoms with Crippen molar-refractivity contribution in [2.24, 2.45) is 0 Å². The highest BCUT2D eigenvalue weighted by atomic mass is 16.2. The molecule has 2 fully saturated rings. The average molecular weight is 328 g/mol. The van der Waals surface area contributed by atoms with Crippen molar-refractivity contribution in [2.75, 3.05) is 11.9 Å². The lowest BCUT2D eigenvalue weighted by atomic mass is 9.82. The predicted octanol–water partition coefficient (Wildman–Crippen LogP) is 2.58. The molecule has 0 aromatic heterocycles. The van der Waals surface area contributed by atoms with Crippen molar-refractivity contribution in [2.45, 2.75) is 64.1 Å². The first-order chi connectivity index (χ1) is 11.6. The quantitative estimate of drug-likeness (QED) is 0.731. The highest BCUT2D eigenvalue weighted by Crippen LogP contribution is 2.23. The summed E-state index contributed by atoms with van der Waals surface area (Å²) in [4.78, 5) is 14.2. The molecule has 2 aliphatic heterocycles. The zero-order valence-corrected chi connectivity index (χ0v) is 14.9. The van der Waals surface area contributed by atoms with E-state index in [9.17, 15) is 4.79 Å². The molecule has 2 bridgehead atoms. The van der Waals surface area contributed by atoms with Crippen LogP contribution in [-0.4, -0.2) is 30.7 Å². The second-order valence-electron chi connectivity index (χ2n) is 7.43. The van der Waals surface area contributed by atoms with Gasteiger partial charge in [-0.3, -0.25) is 0 Å². The number of para-hydroxylation sites is 1. The van der Waals surface area contributed by atoms with Crippen LogP contribution >= 0.6 is 0 Å². The molecule has 1 aromatic rings. The van der Waals surface area contributed by atoms with E-state index in [-0.39, 0.29) is 12.1 Å². The van der Waals surface area contributed by atoms with Crippen LogP contribution in [0.25, 0.3) is 0 Å². The molecule has 0 unspecified atom stereocenters. The van der Waals surface area contributed by atoms with Gasteiger partial charge in [0.15, 0.2) is 0 Å². The number of fused-ring (bicyclic) bond motifs is 2. The third-order valence-electron chi connectivity index (χ3n) is 5.73. The number of urea groups is 1. The van der Waals surface area contributed by atoms with Gasteiger partial charge < -0.3 is 15.5 Å². The zero-order chi connectivity index (χ0) is 17.1. The largest absolute Gasteiger partial charge is 0.335 e. The Morgan fingerprint density at radius 3 is 2.46 bits per heavy atom. The molecular formula is C20H30N3O+. The van der Waals surface area contributed by atoms with Gasteiger partial charge in [0.05, 0.1) is 18.6 Å². The minimum atomic E-state index is -0.0670. The highest BCUT2D eigenvalue weighted by molar-refractivity contribution is 5.91. The Balaban J connectivity index is 1.61. The Bertz CT molecular complexity index is 579. The van der Waals surface area contributed by atoms with Crippen LogP contribution in [0.5, 0.6) is 0 Å². The van der Waals surface area contributed by atoms with Crippen LogP contribution in [0.15, 0.2) is 30.9 Å². The summed E-state index contributed by atoms with van der Waals surface area (Å²) in [6.45, 7) is 9.03. The molecule has 24 heavy (non-hydrogen) atoms. The van der Waals surface area contributed by atoms with Crippen molar-refractivity contribution in [3.05, 3.63) is 42.0 Å². The maximum atomic E-state index is 12.5. The van der Waals surface area contributed by atoms with Crippen molar-refractivity contribution in [1.29, 1.82) is 0 Å². The Morgan fingerprint density at radius 1 is 1.25 bits per heavy atom. The van der Waals surface area contributed by atoms with Crippen LogP contribution in [0.2, 0.25) is 0 Å². The van der Waals surface area contributed by atoms with Gasteiger partial charge in [-0.25, -0.2) is 4.79 Å². The first-order valence-corrected chi connectivity index (χ1v) is 9.18. The number of carbonyl (C=O) groups is 1. The maximum Gasteiger partial charge on any atom is 0.319 e. The van der Waals surface area contributed by atoms with Gasteiger partial charge in [0, 0.05) is 24.6 Å². The molecule has 3 N–H and O–H groups in total. The van der Waals surface area contributed by atoms with Gasteiger partial charge in [0.1, 0.15) is 0 Å². The van der Waals surface area contributed by atoms with E-state index in [4.69, 9.17) is 0 Å². The van der Waals surface area contributed by atoms with Crippen molar-refractivity contribution in [3.63, 3.8) is 0 Å². The smallest absolute Gasteiger partial charge is 0.319 e. The van der Waals surface area contributed by atoms with Gasteiger partial charge in [0.2, 0.25) is 0 Å². The fraction of sp³-hybridized carbons (Fsp3) is 0.550. The minimum Gasteiger partial charge on any atom is -0.335 e. The number of rotatable bonds is 4. The molecule has 2 aliphatic rings. The van der Waals surface area contributed by atoms with Gasteiger partial charge in [-0.15, -0.1) is 0 Å². The van der Waals surface area contributed by atoms with Crippen LogP contribution < -0.4 is 15.5 Å². The van der Waals surface area contributed by atoms with E-state index in [2.05, 4.69) is 17.2 Å². The fourth-order valence-corrected chi connectivity index (χ4v) is 4.60. The number of benzene rings is 1. The third kappa shape index (κ3) is 3.64. The standard InChI is InChI=1S/C20H29N3O/c1-4-11-23-17-9-6-10-18(23)13-16(12-17)21-20(24)22-19-14(2)7-5-8-15(19)3/h4-5,7-8,16-18H,1,6,9-13H2,2-3H3,(H2,21,22,24)/p+1/t17-,18-/m1/s1.